The van der Waals surface area contributed by atoms with Crippen LogP contribution in [0.4, 0.5) is 0 Å². The van der Waals surface area contributed by atoms with Crippen LogP contribution in [0, 0.1) is 5.92 Å². The van der Waals surface area contributed by atoms with Crippen molar-refractivity contribution in [2.75, 3.05) is 33.4 Å². The van der Waals surface area contributed by atoms with Gasteiger partial charge in [-0.1, -0.05) is 0 Å². The van der Waals surface area contributed by atoms with Crippen molar-refractivity contribution >= 4 is 5.91 Å². The minimum atomic E-state index is 0.279. The Morgan fingerprint density at radius 1 is 1.12 bits per heavy atom. The Hall–Kier alpha value is -0.610. The third-order valence-corrected chi connectivity index (χ3v) is 4.77. The second-order valence-electron chi connectivity index (χ2n) is 5.66. The van der Waals surface area contributed by atoms with Crippen LogP contribution in [0.2, 0.25) is 0 Å². The van der Waals surface area contributed by atoms with Gasteiger partial charge in [0, 0.05) is 31.1 Å². The van der Waals surface area contributed by atoms with Crippen LogP contribution in [0.25, 0.3) is 0 Å². The summed E-state index contributed by atoms with van der Waals surface area (Å²) in [4.78, 5) is 16.9. The standard InChI is InChI=1S/C13H22N2O2/c1-14-11-2-3-12(14)9-10(8-11)13(16)15-4-6-17-7-5-15/h10-12H,2-9H2,1H3/t10?,11-,12+. The molecule has 0 aromatic rings. The molecular formula is C13H22N2O2. The summed E-state index contributed by atoms with van der Waals surface area (Å²) in [5, 5.41) is 0. The molecule has 96 valence electrons. The summed E-state index contributed by atoms with van der Waals surface area (Å²) in [5.74, 6) is 0.667. The fraction of sp³-hybridized carbons (Fsp3) is 0.923. The van der Waals surface area contributed by atoms with Gasteiger partial charge in [-0.3, -0.25) is 4.79 Å². The zero-order valence-corrected chi connectivity index (χ0v) is 10.6. The van der Waals surface area contributed by atoms with Gasteiger partial charge in [-0.05, 0) is 32.7 Å². The Labute approximate surface area is 103 Å². The van der Waals surface area contributed by atoms with E-state index in [0.29, 0.717) is 31.2 Å². The summed E-state index contributed by atoms with van der Waals surface area (Å²) in [6, 6.07) is 1.31. The maximum Gasteiger partial charge on any atom is 0.225 e. The minimum Gasteiger partial charge on any atom is -0.378 e. The number of rotatable bonds is 1. The quantitative estimate of drug-likeness (QED) is 0.675. The van der Waals surface area contributed by atoms with Gasteiger partial charge in [-0.2, -0.15) is 0 Å². The molecule has 3 aliphatic heterocycles. The predicted octanol–water partition coefficient (Wildman–Crippen LogP) is 0.718. The first-order chi connectivity index (χ1) is 8.25. The number of fused-ring (bicyclic) bond motifs is 2. The zero-order valence-electron chi connectivity index (χ0n) is 10.6. The molecule has 0 aliphatic carbocycles. The number of hydrogen-bond acceptors (Lipinski definition) is 3. The third-order valence-electron chi connectivity index (χ3n) is 4.77. The average molecular weight is 238 g/mol. The number of ether oxygens (including phenoxy) is 1. The molecule has 3 heterocycles. The van der Waals surface area contributed by atoms with E-state index in [1.54, 1.807) is 0 Å². The van der Waals surface area contributed by atoms with E-state index in [9.17, 15) is 4.79 Å². The molecule has 3 atom stereocenters. The van der Waals surface area contributed by atoms with Gasteiger partial charge in [-0.15, -0.1) is 0 Å². The van der Waals surface area contributed by atoms with E-state index in [1.165, 1.54) is 12.8 Å². The van der Waals surface area contributed by atoms with Crippen molar-refractivity contribution in [3.05, 3.63) is 0 Å². The molecule has 17 heavy (non-hydrogen) atoms. The zero-order chi connectivity index (χ0) is 11.8. The molecule has 4 heteroatoms. The molecule has 0 aromatic carbocycles. The molecule has 0 aromatic heterocycles. The van der Waals surface area contributed by atoms with E-state index < -0.39 is 0 Å². The van der Waals surface area contributed by atoms with Crippen LogP contribution in [-0.4, -0.2) is 61.1 Å². The van der Waals surface area contributed by atoms with Gasteiger partial charge in [-0.25, -0.2) is 0 Å². The predicted molar refractivity (Wildman–Crippen MR) is 64.7 cm³/mol. The molecule has 0 N–H and O–H groups in total. The largest absolute Gasteiger partial charge is 0.378 e. The molecule has 0 radical (unpaired) electrons. The van der Waals surface area contributed by atoms with Crippen molar-refractivity contribution in [2.24, 2.45) is 5.92 Å². The first-order valence-corrected chi connectivity index (χ1v) is 6.84. The van der Waals surface area contributed by atoms with Crippen LogP contribution < -0.4 is 0 Å². The SMILES string of the molecule is CN1[C@@H]2CC[C@H]1CC(C(=O)N1CCOCC1)C2. The molecule has 3 rings (SSSR count). The minimum absolute atomic E-state index is 0.279. The summed E-state index contributed by atoms with van der Waals surface area (Å²) in [6.07, 6.45) is 4.72. The van der Waals surface area contributed by atoms with Gasteiger partial charge >= 0.3 is 0 Å². The van der Waals surface area contributed by atoms with Crippen molar-refractivity contribution in [2.45, 2.75) is 37.8 Å². The van der Waals surface area contributed by atoms with Crippen molar-refractivity contribution in [3.63, 3.8) is 0 Å². The van der Waals surface area contributed by atoms with Gasteiger partial charge in [0.15, 0.2) is 0 Å². The maximum absolute atomic E-state index is 12.4. The number of nitrogens with zero attached hydrogens (tertiary/aromatic N) is 2. The summed E-state index contributed by atoms with van der Waals surface area (Å²) in [5.41, 5.74) is 0. The fourth-order valence-corrected chi connectivity index (χ4v) is 3.66. The average Bonchev–Trinajstić information content (AvgIpc) is 2.61. The molecule has 2 bridgehead atoms. The van der Waals surface area contributed by atoms with Crippen LogP contribution in [0.1, 0.15) is 25.7 Å². The number of carbonyl (C=O) groups excluding carboxylic acids is 1. The molecule has 0 spiro atoms. The first-order valence-electron chi connectivity index (χ1n) is 6.84. The van der Waals surface area contributed by atoms with Crippen LogP contribution in [0.3, 0.4) is 0 Å². The summed E-state index contributed by atoms with van der Waals surface area (Å²) in [7, 11) is 2.22. The second-order valence-corrected chi connectivity index (χ2v) is 5.66. The van der Waals surface area contributed by atoms with E-state index in [0.717, 1.165) is 25.9 Å². The van der Waals surface area contributed by atoms with E-state index in [2.05, 4.69) is 11.9 Å². The van der Waals surface area contributed by atoms with Crippen molar-refractivity contribution in [3.8, 4) is 0 Å². The molecule has 1 amide bonds. The third kappa shape index (κ3) is 2.08. The summed E-state index contributed by atoms with van der Waals surface area (Å²) in [6.45, 7) is 3.01. The van der Waals surface area contributed by atoms with E-state index in [1.807, 2.05) is 4.90 Å². The number of amides is 1. The topological polar surface area (TPSA) is 32.8 Å². The molecular weight excluding hydrogens is 216 g/mol. The van der Waals surface area contributed by atoms with Crippen LogP contribution in [-0.2, 0) is 9.53 Å². The lowest BCUT2D eigenvalue weighted by Gasteiger charge is -2.38. The van der Waals surface area contributed by atoms with Crippen molar-refractivity contribution in [1.29, 1.82) is 0 Å². The summed E-state index contributed by atoms with van der Waals surface area (Å²) < 4.78 is 5.31. The normalized spacial score (nSPS) is 38.4. The van der Waals surface area contributed by atoms with E-state index in [-0.39, 0.29) is 5.92 Å². The Kier molecular flexibility index (Phi) is 3.09. The highest BCUT2D eigenvalue weighted by Gasteiger charge is 2.41. The number of hydrogen-bond donors (Lipinski definition) is 0. The van der Waals surface area contributed by atoms with Crippen molar-refractivity contribution < 1.29 is 9.53 Å². The van der Waals surface area contributed by atoms with E-state index >= 15 is 0 Å². The first kappa shape index (κ1) is 11.5. The van der Waals surface area contributed by atoms with Gasteiger partial charge < -0.3 is 14.5 Å². The monoisotopic (exact) mass is 238 g/mol. The Bertz CT molecular complexity index is 288. The fourth-order valence-electron chi connectivity index (χ4n) is 3.66. The Morgan fingerprint density at radius 2 is 1.71 bits per heavy atom. The highest BCUT2D eigenvalue weighted by molar-refractivity contribution is 5.79. The lowest BCUT2D eigenvalue weighted by atomic mass is 9.90. The number of piperidine rings is 1. The van der Waals surface area contributed by atoms with Gasteiger partial charge in [0.1, 0.15) is 0 Å². The molecule has 3 saturated heterocycles. The lowest BCUT2D eigenvalue weighted by molar-refractivity contribution is -0.142. The van der Waals surface area contributed by atoms with Gasteiger partial charge in [0.25, 0.3) is 0 Å². The van der Waals surface area contributed by atoms with E-state index in [4.69, 9.17) is 4.74 Å². The second kappa shape index (κ2) is 4.58. The molecule has 3 aliphatic rings. The highest BCUT2D eigenvalue weighted by atomic mass is 16.5. The Balaban J connectivity index is 1.63. The molecule has 0 saturated carbocycles. The molecule has 1 unspecified atom stereocenters. The number of morpholine rings is 1. The molecule has 3 fully saturated rings. The smallest absolute Gasteiger partial charge is 0.225 e. The van der Waals surface area contributed by atoms with Crippen molar-refractivity contribution in [1.82, 2.24) is 9.80 Å². The maximum atomic E-state index is 12.4. The summed E-state index contributed by atoms with van der Waals surface area (Å²) >= 11 is 0. The Morgan fingerprint density at radius 3 is 2.29 bits per heavy atom. The van der Waals surface area contributed by atoms with Gasteiger partial charge in [0.2, 0.25) is 5.91 Å². The molecule has 4 nitrogen and oxygen atoms in total. The van der Waals surface area contributed by atoms with Gasteiger partial charge in [0.05, 0.1) is 13.2 Å². The lowest BCUT2D eigenvalue weighted by Crippen LogP contribution is -2.49. The van der Waals surface area contributed by atoms with Crippen LogP contribution in [0.5, 0.6) is 0 Å². The van der Waals surface area contributed by atoms with Crippen LogP contribution in [0.15, 0.2) is 0 Å². The highest BCUT2D eigenvalue weighted by Crippen LogP contribution is 2.38. The van der Waals surface area contributed by atoms with Crippen LogP contribution >= 0.6 is 0 Å². The number of carbonyl (C=O) groups is 1.